The van der Waals surface area contributed by atoms with Gasteiger partial charge in [-0.25, -0.2) is 4.79 Å². The average Bonchev–Trinajstić information content (AvgIpc) is 2.41. The highest BCUT2D eigenvalue weighted by Crippen LogP contribution is 2.32. The number of hydrogen-bond acceptors (Lipinski definition) is 4. The topological polar surface area (TPSA) is 118 Å². The van der Waals surface area contributed by atoms with Crippen LogP contribution in [0.1, 0.15) is 20.7 Å². The Hall–Kier alpha value is -2.73. The van der Waals surface area contributed by atoms with Gasteiger partial charge in [0.15, 0.2) is 0 Å². The van der Waals surface area contributed by atoms with Crippen molar-refractivity contribution >= 4 is 40.5 Å². The standard InChI is InChI=1S/C14H12ClN3O3/c15-11-6-8(16)5-10(14(20)21)12(11)18-9-3-1-2-7(4-9)13(17)19/h1-6,18H,16H2,(H2,17,19)(H,20,21). The smallest absolute Gasteiger partial charge is 0.337 e. The molecule has 2 aromatic rings. The van der Waals surface area contributed by atoms with Gasteiger partial charge >= 0.3 is 5.97 Å². The highest BCUT2D eigenvalue weighted by atomic mass is 35.5. The summed E-state index contributed by atoms with van der Waals surface area (Å²) in [5.41, 5.74) is 11.9. The fourth-order valence-electron chi connectivity index (χ4n) is 1.82. The van der Waals surface area contributed by atoms with Gasteiger partial charge in [0.25, 0.3) is 0 Å². The molecule has 0 atom stereocenters. The normalized spacial score (nSPS) is 10.1. The summed E-state index contributed by atoms with van der Waals surface area (Å²) in [6.45, 7) is 0. The zero-order chi connectivity index (χ0) is 15.6. The van der Waals surface area contributed by atoms with Crippen molar-refractivity contribution in [3.63, 3.8) is 0 Å². The molecule has 0 bridgehead atoms. The van der Waals surface area contributed by atoms with Crippen LogP contribution in [0.25, 0.3) is 0 Å². The van der Waals surface area contributed by atoms with Gasteiger partial charge in [0.1, 0.15) is 0 Å². The van der Waals surface area contributed by atoms with E-state index in [1.807, 2.05) is 0 Å². The van der Waals surface area contributed by atoms with Crippen molar-refractivity contribution in [1.29, 1.82) is 0 Å². The maximum atomic E-state index is 11.3. The van der Waals surface area contributed by atoms with E-state index in [-0.39, 0.29) is 22.0 Å². The first-order valence-electron chi connectivity index (χ1n) is 5.87. The second-order valence-corrected chi connectivity index (χ2v) is 4.71. The van der Waals surface area contributed by atoms with E-state index in [4.69, 9.17) is 23.1 Å². The van der Waals surface area contributed by atoms with Gasteiger partial charge in [0.05, 0.1) is 16.3 Å². The third-order valence-corrected chi connectivity index (χ3v) is 3.06. The summed E-state index contributed by atoms with van der Waals surface area (Å²) in [6.07, 6.45) is 0. The Morgan fingerprint density at radius 1 is 1.19 bits per heavy atom. The van der Waals surface area contributed by atoms with Crippen molar-refractivity contribution < 1.29 is 14.7 Å². The molecule has 0 unspecified atom stereocenters. The van der Waals surface area contributed by atoms with Crippen LogP contribution < -0.4 is 16.8 Å². The molecule has 0 aliphatic heterocycles. The minimum absolute atomic E-state index is 0.0653. The highest BCUT2D eigenvalue weighted by molar-refractivity contribution is 6.34. The molecule has 0 aromatic heterocycles. The first kappa shape index (κ1) is 14.7. The number of nitrogen functional groups attached to an aromatic ring is 1. The lowest BCUT2D eigenvalue weighted by atomic mass is 10.1. The van der Waals surface area contributed by atoms with E-state index in [9.17, 15) is 14.7 Å². The summed E-state index contributed by atoms with van der Waals surface area (Å²) >= 11 is 6.03. The van der Waals surface area contributed by atoms with Gasteiger partial charge in [-0.05, 0) is 30.3 Å². The monoisotopic (exact) mass is 305 g/mol. The Bertz CT molecular complexity index is 731. The molecule has 2 aromatic carbocycles. The SMILES string of the molecule is NC(=O)c1cccc(Nc2c(Cl)cc(N)cc2C(=O)O)c1. The van der Waals surface area contributed by atoms with Gasteiger partial charge < -0.3 is 21.9 Å². The number of amides is 1. The molecule has 0 aliphatic carbocycles. The van der Waals surface area contributed by atoms with Crippen LogP contribution in [0.4, 0.5) is 17.1 Å². The van der Waals surface area contributed by atoms with Gasteiger partial charge in [-0.15, -0.1) is 0 Å². The van der Waals surface area contributed by atoms with Crippen molar-refractivity contribution in [2.75, 3.05) is 11.1 Å². The van der Waals surface area contributed by atoms with Crippen molar-refractivity contribution in [2.24, 2.45) is 5.73 Å². The lowest BCUT2D eigenvalue weighted by Crippen LogP contribution is -2.11. The molecule has 0 heterocycles. The lowest BCUT2D eigenvalue weighted by Gasteiger charge is -2.13. The third-order valence-electron chi connectivity index (χ3n) is 2.76. The molecule has 21 heavy (non-hydrogen) atoms. The molecule has 1 amide bonds. The second-order valence-electron chi connectivity index (χ2n) is 4.30. The van der Waals surface area contributed by atoms with E-state index in [0.29, 0.717) is 11.3 Å². The van der Waals surface area contributed by atoms with E-state index < -0.39 is 11.9 Å². The minimum Gasteiger partial charge on any atom is -0.478 e. The Morgan fingerprint density at radius 2 is 1.90 bits per heavy atom. The molecular formula is C14H12ClN3O3. The molecule has 6 N–H and O–H groups in total. The molecule has 108 valence electrons. The number of rotatable bonds is 4. The van der Waals surface area contributed by atoms with Crippen LogP contribution in [0.15, 0.2) is 36.4 Å². The Labute approximate surface area is 125 Å². The van der Waals surface area contributed by atoms with Crippen molar-refractivity contribution in [3.05, 3.63) is 52.5 Å². The second kappa shape index (κ2) is 5.72. The van der Waals surface area contributed by atoms with Crippen LogP contribution in [-0.4, -0.2) is 17.0 Å². The number of carbonyl (C=O) groups excluding carboxylic acids is 1. The quantitative estimate of drug-likeness (QED) is 0.647. The first-order chi connectivity index (χ1) is 9.88. The van der Waals surface area contributed by atoms with E-state index in [2.05, 4.69) is 5.32 Å². The van der Waals surface area contributed by atoms with Gasteiger partial charge in [-0.2, -0.15) is 0 Å². The number of anilines is 3. The minimum atomic E-state index is -1.17. The van der Waals surface area contributed by atoms with E-state index in [1.165, 1.54) is 18.2 Å². The first-order valence-corrected chi connectivity index (χ1v) is 6.25. The summed E-state index contributed by atoms with van der Waals surface area (Å²) in [5, 5.41) is 12.2. The molecule has 0 spiro atoms. The fourth-order valence-corrected chi connectivity index (χ4v) is 2.09. The van der Waals surface area contributed by atoms with E-state index in [0.717, 1.165) is 0 Å². The molecular weight excluding hydrogens is 294 g/mol. The van der Waals surface area contributed by atoms with Crippen LogP contribution in [0.2, 0.25) is 5.02 Å². The summed E-state index contributed by atoms with van der Waals surface area (Å²) in [4.78, 5) is 22.4. The summed E-state index contributed by atoms with van der Waals surface area (Å²) < 4.78 is 0. The number of carboxylic acids is 1. The van der Waals surface area contributed by atoms with Crippen LogP contribution in [0.5, 0.6) is 0 Å². The maximum Gasteiger partial charge on any atom is 0.337 e. The predicted octanol–water partition coefficient (Wildman–Crippen LogP) is 2.46. The van der Waals surface area contributed by atoms with Crippen LogP contribution >= 0.6 is 11.6 Å². The van der Waals surface area contributed by atoms with Crippen molar-refractivity contribution in [3.8, 4) is 0 Å². The summed E-state index contributed by atoms with van der Waals surface area (Å²) in [7, 11) is 0. The third kappa shape index (κ3) is 3.24. The van der Waals surface area contributed by atoms with Gasteiger partial charge in [0, 0.05) is 16.9 Å². The lowest BCUT2D eigenvalue weighted by molar-refractivity contribution is 0.0697. The fraction of sp³-hybridized carbons (Fsp3) is 0. The Morgan fingerprint density at radius 3 is 2.52 bits per heavy atom. The van der Waals surface area contributed by atoms with Crippen LogP contribution in [0.3, 0.4) is 0 Å². The maximum absolute atomic E-state index is 11.3. The molecule has 0 radical (unpaired) electrons. The van der Waals surface area contributed by atoms with Crippen LogP contribution in [0, 0.1) is 0 Å². The largest absolute Gasteiger partial charge is 0.478 e. The van der Waals surface area contributed by atoms with Crippen molar-refractivity contribution in [1.82, 2.24) is 0 Å². The van der Waals surface area contributed by atoms with Crippen LogP contribution in [-0.2, 0) is 0 Å². The molecule has 0 saturated heterocycles. The number of carboxylic acid groups (broad SMARTS) is 1. The number of primary amides is 1. The number of aromatic carboxylic acids is 1. The number of hydrogen-bond donors (Lipinski definition) is 4. The van der Waals surface area contributed by atoms with Gasteiger partial charge in [-0.1, -0.05) is 17.7 Å². The molecule has 2 rings (SSSR count). The average molecular weight is 306 g/mol. The molecule has 0 saturated carbocycles. The number of benzene rings is 2. The molecule has 6 nitrogen and oxygen atoms in total. The van der Waals surface area contributed by atoms with Gasteiger partial charge in [-0.3, -0.25) is 4.79 Å². The Kier molecular flexibility index (Phi) is 4.00. The zero-order valence-electron chi connectivity index (χ0n) is 10.8. The molecule has 0 aliphatic rings. The van der Waals surface area contributed by atoms with Gasteiger partial charge in [0.2, 0.25) is 5.91 Å². The van der Waals surface area contributed by atoms with E-state index >= 15 is 0 Å². The highest BCUT2D eigenvalue weighted by Gasteiger charge is 2.15. The number of halogens is 1. The number of nitrogens with two attached hydrogens (primary N) is 2. The number of nitrogens with one attached hydrogen (secondary N) is 1. The van der Waals surface area contributed by atoms with E-state index in [1.54, 1.807) is 18.2 Å². The summed E-state index contributed by atoms with van der Waals surface area (Å²) in [6, 6.07) is 9.07. The van der Waals surface area contributed by atoms with Crippen molar-refractivity contribution in [2.45, 2.75) is 0 Å². The molecule has 7 heteroatoms. The summed E-state index contributed by atoms with van der Waals surface area (Å²) in [5.74, 6) is -1.75. The Balaban J connectivity index is 2.46. The molecule has 0 fully saturated rings. The zero-order valence-corrected chi connectivity index (χ0v) is 11.5. The number of carbonyl (C=O) groups is 2. The predicted molar refractivity (Wildman–Crippen MR) is 81.1 cm³/mol.